The summed E-state index contributed by atoms with van der Waals surface area (Å²) in [4.78, 5) is 23.9. The molecule has 3 N–H and O–H groups in total. The van der Waals surface area contributed by atoms with Crippen molar-refractivity contribution >= 4 is 49.9 Å². The fraction of sp³-hybridized carbons (Fsp3) is 0.182. The number of ether oxygens (including phenoxy) is 2. The zero-order valence-corrected chi connectivity index (χ0v) is 22.0. The maximum absolute atomic E-state index is 12.6. The minimum Gasteiger partial charge on any atom is -0.872 e. The number of benzene rings is 3. The van der Waals surface area contributed by atoms with E-state index in [0.717, 1.165) is 12.1 Å². The Morgan fingerprint density at radius 3 is 2.29 bits per heavy atom. The summed E-state index contributed by atoms with van der Waals surface area (Å²) in [6.07, 6.45) is 0. The molecule has 0 radical (unpaired) electrons. The van der Waals surface area contributed by atoms with Gasteiger partial charge in [-0.15, -0.1) is 10.2 Å². The number of nitrogens with two attached hydrogens (primary N) is 1. The Bertz CT molecular complexity index is 1420. The number of nitrogens with zero attached hydrogens (tertiary/aromatic N) is 2. The van der Waals surface area contributed by atoms with Crippen molar-refractivity contribution in [3.63, 3.8) is 0 Å². The molecule has 0 spiro atoms. The van der Waals surface area contributed by atoms with Gasteiger partial charge in [0, 0.05) is 5.39 Å². The molecule has 0 amide bonds. The monoisotopic (exact) mass is 509 g/mol. The van der Waals surface area contributed by atoms with Gasteiger partial charge in [0.15, 0.2) is 0 Å². The fourth-order valence-corrected chi connectivity index (χ4v) is 3.63. The maximum atomic E-state index is 12.6. The van der Waals surface area contributed by atoms with Gasteiger partial charge in [-0.05, 0) is 55.6 Å². The third-order valence-corrected chi connectivity index (χ3v) is 5.45. The number of anilines is 1. The third-order valence-electron chi connectivity index (χ3n) is 4.62. The molecule has 0 heterocycles. The Balaban J connectivity index is 0.00000432. The average molecular weight is 509 g/mol. The molecule has 13 heteroatoms. The van der Waals surface area contributed by atoms with Crippen molar-refractivity contribution in [3.05, 3.63) is 53.6 Å². The molecule has 0 aliphatic rings. The second-order valence-corrected chi connectivity index (χ2v) is 8.29. The smallest absolute Gasteiger partial charge is 0.872 e. The molecule has 0 fully saturated rings. The van der Waals surface area contributed by atoms with E-state index >= 15 is 0 Å². The van der Waals surface area contributed by atoms with E-state index in [4.69, 9.17) is 15.2 Å². The number of fused-ring (bicyclic) bond motifs is 1. The largest absolute Gasteiger partial charge is 1.00 e. The summed E-state index contributed by atoms with van der Waals surface area (Å²) < 4.78 is 42.1. The van der Waals surface area contributed by atoms with Crippen LogP contribution in [-0.4, -0.2) is 38.1 Å². The van der Waals surface area contributed by atoms with Crippen molar-refractivity contribution in [2.75, 3.05) is 18.9 Å². The summed E-state index contributed by atoms with van der Waals surface area (Å²) in [7, 11) is -4.61. The second kappa shape index (κ2) is 11.6. The first-order valence-electron chi connectivity index (χ1n) is 9.97. The van der Waals surface area contributed by atoms with Gasteiger partial charge in [-0.3, -0.25) is 4.55 Å². The topological polar surface area (TPSA) is 181 Å². The number of hydrogen-bond acceptors (Lipinski definition) is 10. The van der Waals surface area contributed by atoms with Crippen molar-refractivity contribution in [2.45, 2.75) is 18.7 Å². The molecule has 0 saturated carbocycles. The van der Waals surface area contributed by atoms with Crippen LogP contribution in [0.25, 0.3) is 10.8 Å². The first kappa shape index (κ1) is 28.2. The molecule has 178 valence electrons. The van der Waals surface area contributed by atoms with E-state index in [9.17, 15) is 27.7 Å². The Labute approximate surface area is 223 Å². The van der Waals surface area contributed by atoms with E-state index in [1.54, 1.807) is 13.8 Å². The molecule has 0 aromatic heterocycles. The normalized spacial score (nSPS) is 11.3. The average Bonchev–Trinajstić information content (AvgIpc) is 2.78. The predicted octanol–water partition coefficient (Wildman–Crippen LogP) is 0.515. The molecular weight excluding hydrogens is 489 g/mol. The SMILES string of the molecule is CCOC(=O)c1ccc(C(=O)OCC)c(N=Nc2c(N)ccc3cc(S(=O)(=O)O)cc([O-])c23)c1.[Na+]. The number of hydrogen-bond donors (Lipinski definition) is 2. The Kier molecular flexibility index (Phi) is 9.35. The number of carbonyl (C=O) groups is 2. The quantitative estimate of drug-likeness (QED) is 0.151. The molecule has 0 unspecified atom stereocenters. The van der Waals surface area contributed by atoms with Gasteiger partial charge in [0.2, 0.25) is 0 Å². The van der Waals surface area contributed by atoms with Crippen LogP contribution in [-0.2, 0) is 19.6 Å². The van der Waals surface area contributed by atoms with Gasteiger partial charge in [0.1, 0.15) is 11.4 Å². The first-order valence-corrected chi connectivity index (χ1v) is 11.4. The van der Waals surface area contributed by atoms with Gasteiger partial charge in [0.25, 0.3) is 10.1 Å². The molecule has 3 rings (SSSR count). The third kappa shape index (κ3) is 6.35. The van der Waals surface area contributed by atoms with Crippen molar-refractivity contribution in [3.8, 4) is 5.75 Å². The Morgan fingerprint density at radius 1 is 1.00 bits per heavy atom. The van der Waals surface area contributed by atoms with Crippen LogP contribution in [0, 0.1) is 0 Å². The number of carbonyl (C=O) groups excluding carboxylic acids is 2. The van der Waals surface area contributed by atoms with Crippen molar-refractivity contribution < 1.29 is 66.7 Å². The second-order valence-electron chi connectivity index (χ2n) is 6.87. The molecule has 11 nitrogen and oxygen atoms in total. The standard InChI is InChI=1S/C22H21N3O8S.Na/c1-3-32-21(27)13-5-7-15(22(28)33-4-2)17(10-13)24-25-20-16(23)8-6-12-9-14(34(29,30)31)11-18(26)19(12)20;/h5-11,26H,3-4,23H2,1-2H3,(H,29,30,31);/q;+1/p-1. The molecule has 0 atom stereocenters. The van der Waals surface area contributed by atoms with Crippen LogP contribution in [0.1, 0.15) is 34.6 Å². The predicted molar refractivity (Wildman–Crippen MR) is 120 cm³/mol. The van der Waals surface area contributed by atoms with E-state index < -0.39 is 32.7 Å². The van der Waals surface area contributed by atoms with Crippen LogP contribution < -0.4 is 40.4 Å². The summed E-state index contributed by atoms with van der Waals surface area (Å²) >= 11 is 0. The van der Waals surface area contributed by atoms with Crippen LogP contribution in [0.4, 0.5) is 17.1 Å². The van der Waals surface area contributed by atoms with Crippen molar-refractivity contribution in [1.82, 2.24) is 0 Å². The van der Waals surface area contributed by atoms with Crippen LogP contribution in [0.5, 0.6) is 5.75 Å². The van der Waals surface area contributed by atoms with E-state index in [0.29, 0.717) is 0 Å². The van der Waals surface area contributed by atoms with Gasteiger partial charge in [-0.2, -0.15) is 8.42 Å². The van der Waals surface area contributed by atoms with E-state index in [2.05, 4.69) is 10.2 Å². The van der Waals surface area contributed by atoms with Gasteiger partial charge in [0.05, 0.1) is 34.9 Å². The summed E-state index contributed by atoms with van der Waals surface area (Å²) in [5.41, 5.74) is 6.02. The molecule has 0 bridgehead atoms. The molecule has 3 aromatic carbocycles. The molecule has 0 aliphatic heterocycles. The van der Waals surface area contributed by atoms with E-state index in [1.165, 1.54) is 30.3 Å². The van der Waals surface area contributed by atoms with E-state index in [1.807, 2.05) is 0 Å². The molecule has 0 aliphatic carbocycles. The van der Waals surface area contributed by atoms with Gasteiger partial charge in [-0.25, -0.2) is 9.59 Å². The Morgan fingerprint density at radius 2 is 1.66 bits per heavy atom. The van der Waals surface area contributed by atoms with Crippen LogP contribution in [0.15, 0.2) is 57.6 Å². The van der Waals surface area contributed by atoms with Crippen molar-refractivity contribution in [2.24, 2.45) is 10.2 Å². The summed E-state index contributed by atoms with van der Waals surface area (Å²) in [5.74, 6) is -2.11. The minimum atomic E-state index is -4.61. The van der Waals surface area contributed by atoms with Crippen LogP contribution >= 0.6 is 0 Å². The number of esters is 2. The van der Waals surface area contributed by atoms with Gasteiger partial charge >= 0.3 is 41.5 Å². The van der Waals surface area contributed by atoms with Gasteiger partial charge in [-0.1, -0.05) is 11.8 Å². The number of azo groups is 1. The first-order chi connectivity index (χ1) is 16.1. The summed E-state index contributed by atoms with van der Waals surface area (Å²) in [6, 6.07) is 8.60. The molecule has 0 saturated heterocycles. The molecule has 35 heavy (non-hydrogen) atoms. The fourth-order valence-electron chi connectivity index (χ4n) is 3.10. The zero-order chi connectivity index (χ0) is 25.0. The van der Waals surface area contributed by atoms with Crippen LogP contribution in [0.3, 0.4) is 0 Å². The van der Waals surface area contributed by atoms with E-state index in [-0.39, 0.29) is 81.7 Å². The van der Waals surface area contributed by atoms with Crippen molar-refractivity contribution in [1.29, 1.82) is 0 Å². The zero-order valence-electron chi connectivity index (χ0n) is 19.1. The maximum Gasteiger partial charge on any atom is 1.00 e. The molecular formula is C22H20N3NaO8S. The Hall–Kier alpha value is -3.03. The molecule has 3 aromatic rings. The summed E-state index contributed by atoms with van der Waals surface area (Å²) in [5, 5.41) is 20.8. The van der Waals surface area contributed by atoms with Crippen LogP contribution in [0.2, 0.25) is 0 Å². The van der Waals surface area contributed by atoms with Gasteiger partial charge < -0.3 is 20.3 Å². The number of rotatable bonds is 7. The summed E-state index contributed by atoms with van der Waals surface area (Å²) in [6.45, 7) is 3.50. The minimum absolute atomic E-state index is 0. The number of nitrogen functional groups attached to an aromatic ring is 1.